The predicted molar refractivity (Wildman–Crippen MR) is 113 cm³/mol. The largest absolute Gasteiger partial charge is 0.495 e. The topological polar surface area (TPSA) is 82.2 Å². The summed E-state index contributed by atoms with van der Waals surface area (Å²) in [5, 5.41) is 12.4. The van der Waals surface area contributed by atoms with E-state index in [1.165, 1.54) is 18.9 Å². The monoisotopic (exact) mass is 484 g/mol. The maximum absolute atomic E-state index is 12.4. The molecule has 1 amide bonds. The van der Waals surface area contributed by atoms with Crippen molar-refractivity contribution in [1.29, 1.82) is 0 Å². The van der Waals surface area contributed by atoms with E-state index in [0.29, 0.717) is 44.4 Å². The van der Waals surface area contributed by atoms with Gasteiger partial charge in [-0.1, -0.05) is 30.3 Å². The minimum Gasteiger partial charge on any atom is -0.495 e. The molecule has 0 saturated heterocycles. The summed E-state index contributed by atoms with van der Waals surface area (Å²) in [6.07, 6.45) is 0.895. The van der Waals surface area contributed by atoms with Crippen LogP contribution in [0.2, 0.25) is 5.02 Å². The third-order valence-corrected chi connectivity index (χ3v) is 5.35. The Hall–Kier alpha value is -1.97. The molecule has 0 radical (unpaired) electrons. The molecule has 1 aromatic carbocycles. The number of nitrogens with zero attached hydrogens (tertiary/aromatic N) is 3. The summed E-state index contributed by atoms with van der Waals surface area (Å²) < 4.78 is 13.4. The summed E-state index contributed by atoms with van der Waals surface area (Å²) in [6.45, 7) is 2.78. The van der Waals surface area contributed by atoms with Crippen LogP contribution in [0.25, 0.3) is 11.6 Å². The van der Waals surface area contributed by atoms with Crippen LogP contribution < -0.4 is 10.1 Å². The van der Waals surface area contributed by atoms with Crippen LogP contribution in [0.5, 0.6) is 5.75 Å². The van der Waals surface area contributed by atoms with Crippen LogP contribution in [-0.4, -0.2) is 33.5 Å². The second kappa shape index (κ2) is 9.49. The number of nitrogens with one attached hydrogen (secondary N) is 1. The molecule has 0 fully saturated rings. The van der Waals surface area contributed by atoms with E-state index in [9.17, 15) is 4.79 Å². The highest BCUT2D eigenvalue weighted by atomic mass is 79.9. The van der Waals surface area contributed by atoms with Gasteiger partial charge < -0.3 is 14.5 Å². The first-order valence-electron chi connectivity index (χ1n) is 8.47. The van der Waals surface area contributed by atoms with Crippen LogP contribution in [0.1, 0.15) is 13.3 Å². The molecule has 0 aliphatic carbocycles. The number of rotatable bonds is 8. The summed E-state index contributed by atoms with van der Waals surface area (Å²) in [7, 11) is 1.54. The number of thioether (sulfide) groups is 1. The fourth-order valence-electron chi connectivity index (χ4n) is 2.53. The average Bonchev–Trinajstić information content (AvgIpc) is 3.26. The lowest BCUT2D eigenvalue weighted by atomic mass is 10.3. The van der Waals surface area contributed by atoms with Crippen molar-refractivity contribution in [3.63, 3.8) is 0 Å². The Balaban J connectivity index is 1.71. The molecule has 2 aromatic heterocycles. The number of ether oxygens (including phenoxy) is 1. The molecule has 0 atom stereocenters. The maximum Gasteiger partial charge on any atom is 0.234 e. The van der Waals surface area contributed by atoms with Crippen LogP contribution in [0.15, 0.2) is 44.6 Å². The number of carbonyl (C=O) groups excluding carboxylic acids is 1. The van der Waals surface area contributed by atoms with E-state index in [0.717, 1.165) is 6.42 Å². The normalized spacial score (nSPS) is 10.9. The molecule has 28 heavy (non-hydrogen) atoms. The molecule has 0 spiro atoms. The molecule has 10 heteroatoms. The molecule has 3 aromatic rings. The van der Waals surface area contributed by atoms with Crippen molar-refractivity contribution in [2.75, 3.05) is 18.2 Å². The zero-order valence-corrected chi connectivity index (χ0v) is 18.4. The number of aromatic nitrogens is 3. The molecule has 2 heterocycles. The van der Waals surface area contributed by atoms with E-state index in [1.54, 1.807) is 24.3 Å². The van der Waals surface area contributed by atoms with E-state index in [4.69, 9.17) is 20.8 Å². The summed E-state index contributed by atoms with van der Waals surface area (Å²) >= 11 is 10.6. The van der Waals surface area contributed by atoms with Crippen molar-refractivity contribution >= 4 is 50.9 Å². The second-order valence-corrected chi connectivity index (χ2v) is 7.90. The van der Waals surface area contributed by atoms with Gasteiger partial charge in [-0.05, 0) is 52.7 Å². The smallest absolute Gasteiger partial charge is 0.234 e. The van der Waals surface area contributed by atoms with Crippen LogP contribution in [-0.2, 0) is 11.3 Å². The highest BCUT2D eigenvalue weighted by Crippen LogP contribution is 2.29. The van der Waals surface area contributed by atoms with Gasteiger partial charge in [-0.3, -0.25) is 9.36 Å². The van der Waals surface area contributed by atoms with Crippen molar-refractivity contribution < 1.29 is 13.9 Å². The number of methoxy groups -OCH3 is 1. The molecule has 1 N–H and O–H groups in total. The van der Waals surface area contributed by atoms with Gasteiger partial charge in [-0.25, -0.2) is 0 Å². The van der Waals surface area contributed by atoms with Crippen molar-refractivity contribution in [2.45, 2.75) is 25.0 Å². The number of benzene rings is 1. The minimum atomic E-state index is -0.195. The lowest BCUT2D eigenvalue weighted by Crippen LogP contribution is -2.15. The van der Waals surface area contributed by atoms with Crippen molar-refractivity contribution in [3.8, 4) is 17.3 Å². The molecule has 0 bridgehead atoms. The van der Waals surface area contributed by atoms with E-state index in [1.807, 2.05) is 10.6 Å². The molecule has 0 saturated carbocycles. The van der Waals surface area contributed by atoms with Crippen molar-refractivity contribution in [2.24, 2.45) is 0 Å². The van der Waals surface area contributed by atoms with Gasteiger partial charge in [-0.2, -0.15) is 0 Å². The van der Waals surface area contributed by atoms with Gasteiger partial charge in [-0.15, -0.1) is 10.2 Å². The lowest BCUT2D eigenvalue weighted by Gasteiger charge is -2.11. The van der Waals surface area contributed by atoms with Gasteiger partial charge >= 0.3 is 0 Å². The Kier molecular flexibility index (Phi) is 7.03. The highest BCUT2D eigenvalue weighted by Gasteiger charge is 2.18. The summed E-state index contributed by atoms with van der Waals surface area (Å²) in [4.78, 5) is 12.4. The molecule has 3 rings (SSSR count). The quantitative estimate of drug-likeness (QED) is 0.447. The van der Waals surface area contributed by atoms with Crippen LogP contribution in [0.4, 0.5) is 5.69 Å². The molecule has 0 aliphatic heterocycles. The van der Waals surface area contributed by atoms with E-state index in [2.05, 4.69) is 38.4 Å². The Morgan fingerprint density at radius 1 is 1.36 bits per heavy atom. The van der Waals surface area contributed by atoms with Crippen LogP contribution in [0.3, 0.4) is 0 Å². The first kappa shape index (κ1) is 20.8. The maximum atomic E-state index is 12.4. The second-order valence-electron chi connectivity index (χ2n) is 5.74. The molecule has 148 valence electrons. The number of hydrogen-bond acceptors (Lipinski definition) is 6. The lowest BCUT2D eigenvalue weighted by molar-refractivity contribution is -0.113. The Morgan fingerprint density at radius 2 is 2.18 bits per heavy atom. The van der Waals surface area contributed by atoms with E-state index >= 15 is 0 Å². The van der Waals surface area contributed by atoms with E-state index < -0.39 is 0 Å². The van der Waals surface area contributed by atoms with Crippen molar-refractivity contribution in [3.05, 3.63) is 40.0 Å². The van der Waals surface area contributed by atoms with Crippen molar-refractivity contribution in [1.82, 2.24) is 14.8 Å². The van der Waals surface area contributed by atoms with Gasteiger partial charge in [0.05, 0.1) is 18.6 Å². The standard InChI is InChI=1S/C18H18BrClN4O3S/c1-3-8-24-17(14-6-7-15(19)27-14)22-23-18(24)28-10-16(25)21-12-9-11(20)4-5-13(12)26-2/h4-7,9H,3,8,10H2,1-2H3,(H,21,25). The van der Waals surface area contributed by atoms with Crippen LogP contribution in [0, 0.1) is 0 Å². The van der Waals surface area contributed by atoms with E-state index in [-0.39, 0.29) is 11.7 Å². The summed E-state index contributed by atoms with van der Waals surface area (Å²) in [6, 6.07) is 8.68. The van der Waals surface area contributed by atoms with Gasteiger partial charge in [0.15, 0.2) is 15.6 Å². The number of hydrogen-bond donors (Lipinski definition) is 1. The SMILES string of the molecule is CCCn1c(SCC(=O)Nc2cc(Cl)ccc2OC)nnc1-c1ccc(Br)o1. The zero-order valence-electron chi connectivity index (χ0n) is 15.2. The van der Waals surface area contributed by atoms with Crippen LogP contribution >= 0.6 is 39.3 Å². The number of halogens is 2. The summed E-state index contributed by atoms with van der Waals surface area (Å²) in [5.41, 5.74) is 0.525. The average molecular weight is 486 g/mol. The first-order valence-corrected chi connectivity index (χ1v) is 10.6. The van der Waals surface area contributed by atoms with Gasteiger partial charge in [0, 0.05) is 11.6 Å². The number of anilines is 1. The molecular weight excluding hydrogens is 468 g/mol. The van der Waals surface area contributed by atoms with Gasteiger partial charge in [0.1, 0.15) is 5.75 Å². The number of furan rings is 1. The molecule has 0 aliphatic rings. The molecule has 7 nitrogen and oxygen atoms in total. The first-order chi connectivity index (χ1) is 13.5. The fourth-order valence-corrected chi connectivity index (χ4v) is 3.77. The Labute approximate surface area is 179 Å². The Bertz CT molecular complexity index is 976. The third kappa shape index (κ3) is 4.89. The third-order valence-electron chi connectivity index (χ3n) is 3.73. The molecular formula is C18H18BrClN4O3S. The fraction of sp³-hybridized carbons (Fsp3) is 0.278. The highest BCUT2D eigenvalue weighted by molar-refractivity contribution is 9.10. The number of carbonyl (C=O) groups is 1. The van der Waals surface area contributed by atoms with Gasteiger partial charge in [0.2, 0.25) is 11.7 Å². The number of amides is 1. The van der Waals surface area contributed by atoms with Gasteiger partial charge in [0.25, 0.3) is 0 Å². The Morgan fingerprint density at radius 3 is 2.86 bits per heavy atom. The zero-order chi connectivity index (χ0) is 20.1. The molecule has 0 unspecified atom stereocenters. The predicted octanol–water partition coefficient (Wildman–Crippen LogP) is 5.10. The minimum absolute atomic E-state index is 0.166. The summed E-state index contributed by atoms with van der Waals surface area (Å²) in [5.74, 6) is 1.76.